The van der Waals surface area contributed by atoms with E-state index in [0.717, 1.165) is 36.6 Å². The number of fused-ring (bicyclic) bond motifs is 1. The van der Waals surface area contributed by atoms with Crippen LogP contribution in [0, 0.1) is 0 Å². The second-order valence-electron chi connectivity index (χ2n) is 4.60. The second-order valence-corrected chi connectivity index (χ2v) is 4.60. The van der Waals surface area contributed by atoms with Gasteiger partial charge < -0.3 is 10.8 Å². The average molecular weight is 244 g/mol. The van der Waals surface area contributed by atoms with Gasteiger partial charge in [-0.15, -0.1) is 0 Å². The molecule has 96 valence electrons. The minimum absolute atomic E-state index is 0.0524. The van der Waals surface area contributed by atoms with Crippen molar-refractivity contribution in [2.45, 2.75) is 31.7 Å². The van der Waals surface area contributed by atoms with Crippen molar-refractivity contribution in [1.29, 1.82) is 0 Å². The standard InChI is InChI=1S/C15H20N2O/c16-14(7-2-1-5-11-18)12-9-10-17-15-8-4-3-6-13(12)15/h3-4,6,8-10,14,18H,1-2,5,7,11,16H2. The zero-order valence-electron chi connectivity index (χ0n) is 10.5. The number of benzene rings is 1. The Bertz CT molecular complexity index is 493. The summed E-state index contributed by atoms with van der Waals surface area (Å²) in [6, 6.07) is 10.2. The molecule has 3 heteroatoms. The number of rotatable bonds is 6. The lowest BCUT2D eigenvalue weighted by Gasteiger charge is -2.14. The largest absolute Gasteiger partial charge is 0.396 e. The number of nitrogens with zero attached hydrogens (tertiary/aromatic N) is 1. The Hall–Kier alpha value is -1.45. The Balaban J connectivity index is 2.10. The number of pyridine rings is 1. The highest BCUT2D eigenvalue weighted by Crippen LogP contribution is 2.24. The molecule has 1 heterocycles. The molecule has 0 radical (unpaired) electrons. The Labute approximate surface area is 108 Å². The topological polar surface area (TPSA) is 59.1 Å². The van der Waals surface area contributed by atoms with Crippen molar-refractivity contribution in [1.82, 2.24) is 4.98 Å². The predicted molar refractivity (Wildman–Crippen MR) is 74.2 cm³/mol. The molecule has 0 fully saturated rings. The first-order chi connectivity index (χ1) is 8.83. The summed E-state index contributed by atoms with van der Waals surface area (Å²) in [6.07, 6.45) is 5.73. The molecule has 1 aromatic carbocycles. The van der Waals surface area contributed by atoms with Gasteiger partial charge in [0.1, 0.15) is 0 Å². The zero-order valence-corrected chi connectivity index (χ0v) is 10.5. The smallest absolute Gasteiger partial charge is 0.0705 e. The molecule has 1 unspecified atom stereocenters. The van der Waals surface area contributed by atoms with Gasteiger partial charge in [0.15, 0.2) is 0 Å². The van der Waals surface area contributed by atoms with Gasteiger partial charge in [0.25, 0.3) is 0 Å². The van der Waals surface area contributed by atoms with Crippen molar-refractivity contribution >= 4 is 10.9 Å². The number of aliphatic hydroxyl groups is 1. The number of para-hydroxylation sites is 1. The van der Waals surface area contributed by atoms with E-state index in [1.165, 1.54) is 5.56 Å². The van der Waals surface area contributed by atoms with E-state index in [0.29, 0.717) is 0 Å². The van der Waals surface area contributed by atoms with Gasteiger partial charge in [0.2, 0.25) is 0 Å². The molecular weight excluding hydrogens is 224 g/mol. The van der Waals surface area contributed by atoms with E-state index < -0.39 is 0 Å². The molecule has 0 aliphatic rings. The molecule has 18 heavy (non-hydrogen) atoms. The molecule has 0 saturated heterocycles. The third kappa shape index (κ3) is 3.06. The van der Waals surface area contributed by atoms with Crippen LogP contribution in [0.2, 0.25) is 0 Å². The van der Waals surface area contributed by atoms with Gasteiger partial charge in [0, 0.05) is 24.2 Å². The fraction of sp³-hybridized carbons (Fsp3) is 0.400. The van der Waals surface area contributed by atoms with Crippen molar-refractivity contribution in [3.05, 3.63) is 42.1 Å². The molecule has 0 spiro atoms. The number of aromatic nitrogens is 1. The van der Waals surface area contributed by atoms with Gasteiger partial charge in [-0.3, -0.25) is 4.98 Å². The van der Waals surface area contributed by atoms with Gasteiger partial charge in [-0.25, -0.2) is 0 Å². The van der Waals surface area contributed by atoms with Crippen LogP contribution in [0.15, 0.2) is 36.5 Å². The monoisotopic (exact) mass is 244 g/mol. The maximum Gasteiger partial charge on any atom is 0.0705 e. The molecule has 3 N–H and O–H groups in total. The molecule has 1 atom stereocenters. The van der Waals surface area contributed by atoms with E-state index >= 15 is 0 Å². The highest BCUT2D eigenvalue weighted by atomic mass is 16.2. The first kappa shape index (κ1) is 13.0. The van der Waals surface area contributed by atoms with Crippen LogP contribution in [0.4, 0.5) is 0 Å². The third-order valence-electron chi connectivity index (χ3n) is 3.26. The molecular formula is C15H20N2O. The van der Waals surface area contributed by atoms with Crippen molar-refractivity contribution in [2.75, 3.05) is 6.61 Å². The van der Waals surface area contributed by atoms with Crippen LogP contribution < -0.4 is 5.73 Å². The zero-order chi connectivity index (χ0) is 12.8. The lowest BCUT2D eigenvalue weighted by molar-refractivity contribution is 0.282. The summed E-state index contributed by atoms with van der Waals surface area (Å²) in [5, 5.41) is 9.90. The first-order valence-corrected chi connectivity index (χ1v) is 6.53. The Morgan fingerprint density at radius 3 is 2.78 bits per heavy atom. The summed E-state index contributed by atoms with van der Waals surface area (Å²) in [6.45, 7) is 0.271. The first-order valence-electron chi connectivity index (χ1n) is 6.53. The number of aliphatic hydroxyl groups excluding tert-OH is 1. The molecule has 2 aromatic rings. The summed E-state index contributed by atoms with van der Waals surface area (Å²) in [7, 11) is 0. The van der Waals surface area contributed by atoms with Crippen molar-refractivity contribution in [3.63, 3.8) is 0 Å². The fourth-order valence-corrected chi connectivity index (χ4v) is 2.25. The Morgan fingerprint density at radius 1 is 1.11 bits per heavy atom. The van der Waals surface area contributed by atoms with Gasteiger partial charge in [-0.2, -0.15) is 0 Å². The molecule has 0 bridgehead atoms. The Kier molecular flexibility index (Phi) is 4.67. The highest BCUT2D eigenvalue weighted by molar-refractivity contribution is 5.82. The highest BCUT2D eigenvalue weighted by Gasteiger charge is 2.09. The summed E-state index contributed by atoms with van der Waals surface area (Å²) in [5.74, 6) is 0. The molecule has 0 aliphatic heterocycles. The minimum Gasteiger partial charge on any atom is -0.396 e. The lowest BCUT2D eigenvalue weighted by Crippen LogP contribution is -2.11. The Morgan fingerprint density at radius 2 is 1.94 bits per heavy atom. The number of hydrogen-bond donors (Lipinski definition) is 2. The van der Waals surface area contributed by atoms with E-state index in [1.54, 1.807) is 0 Å². The van der Waals surface area contributed by atoms with Crippen LogP contribution in [-0.2, 0) is 0 Å². The van der Waals surface area contributed by atoms with Gasteiger partial charge in [0.05, 0.1) is 5.52 Å². The van der Waals surface area contributed by atoms with Gasteiger partial charge in [-0.1, -0.05) is 31.0 Å². The molecule has 3 nitrogen and oxygen atoms in total. The second kappa shape index (κ2) is 6.47. The summed E-state index contributed by atoms with van der Waals surface area (Å²) in [4.78, 5) is 4.35. The van der Waals surface area contributed by atoms with E-state index in [-0.39, 0.29) is 12.6 Å². The van der Waals surface area contributed by atoms with E-state index in [9.17, 15) is 0 Å². The van der Waals surface area contributed by atoms with Crippen LogP contribution in [0.1, 0.15) is 37.3 Å². The van der Waals surface area contributed by atoms with Crippen LogP contribution in [-0.4, -0.2) is 16.7 Å². The van der Waals surface area contributed by atoms with Gasteiger partial charge >= 0.3 is 0 Å². The molecule has 1 aromatic heterocycles. The van der Waals surface area contributed by atoms with E-state index in [2.05, 4.69) is 11.1 Å². The van der Waals surface area contributed by atoms with E-state index in [4.69, 9.17) is 10.8 Å². The SMILES string of the molecule is NC(CCCCCO)c1ccnc2ccccc12. The van der Waals surface area contributed by atoms with Crippen LogP contribution in [0.3, 0.4) is 0 Å². The number of hydrogen-bond acceptors (Lipinski definition) is 3. The van der Waals surface area contributed by atoms with Gasteiger partial charge in [-0.05, 0) is 30.5 Å². The quantitative estimate of drug-likeness (QED) is 0.768. The number of nitrogens with two attached hydrogens (primary N) is 1. The molecule has 0 saturated carbocycles. The summed E-state index contributed by atoms with van der Waals surface area (Å²) in [5.41, 5.74) is 8.42. The summed E-state index contributed by atoms with van der Waals surface area (Å²) < 4.78 is 0. The van der Waals surface area contributed by atoms with Crippen molar-refractivity contribution < 1.29 is 5.11 Å². The maximum atomic E-state index is 8.75. The van der Waals surface area contributed by atoms with Crippen LogP contribution in [0.25, 0.3) is 10.9 Å². The molecule has 0 amide bonds. The minimum atomic E-state index is 0.0524. The van der Waals surface area contributed by atoms with E-state index in [1.807, 2.05) is 30.5 Å². The summed E-state index contributed by atoms with van der Waals surface area (Å²) >= 11 is 0. The average Bonchev–Trinajstić information content (AvgIpc) is 2.43. The molecule has 2 rings (SSSR count). The third-order valence-corrected chi connectivity index (χ3v) is 3.26. The van der Waals surface area contributed by atoms with Crippen molar-refractivity contribution in [3.8, 4) is 0 Å². The fourth-order valence-electron chi connectivity index (χ4n) is 2.25. The lowest BCUT2D eigenvalue weighted by atomic mass is 9.98. The maximum absolute atomic E-state index is 8.75. The van der Waals surface area contributed by atoms with Crippen molar-refractivity contribution in [2.24, 2.45) is 5.73 Å². The molecule has 0 aliphatic carbocycles. The normalized spacial score (nSPS) is 12.8. The predicted octanol–water partition coefficient (Wildman–Crippen LogP) is 2.79. The number of unbranched alkanes of at least 4 members (excludes halogenated alkanes) is 2. The van der Waals surface area contributed by atoms with Crippen LogP contribution in [0.5, 0.6) is 0 Å². The van der Waals surface area contributed by atoms with Crippen LogP contribution >= 0.6 is 0 Å².